The number of hydrogen-bond donors (Lipinski definition) is 1. The molecule has 0 aliphatic heterocycles. The molecule has 0 radical (unpaired) electrons. The number of methoxy groups -OCH3 is 1. The average Bonchev–Trinajstić information content (AvgIpc) is 3.12. The first kappa shape index (κ1) is 20.2. The zero-order valence-electron chi connectivity index (χ0n) is 16.8. The van der Waals surface area contributed by atoms with Gasteiger partial charge in [-0.15, -0.1) is 0 Å². The van der Waals surface area contributed by atoms with Crippen LogP contribution in [0.1, 0.15) is 34.7 Å². The molecule has 0 spiro atoms. The number of carbonyl (C=O) groups is 1. The van der Waals surface area contributed by atoms with Crippen molar-refractivity contribution >= 4 is 32.9 Å². The van der Waals surface area contributed by atoms with Crippen LogP contribution in [-0.4, -0.2) is 22.6 Å². The van der Waals surface area contributed by atoms with E-state index >= 15 is 0 Å². The lowest BCUT2D eigenvalue weighted by Gasteiger charge is -2.17. The van der Waals surface area contributed by atoms with Crippen molar-refractivity contribution in [1.82, 2.24) is 14.9 Å². The van der Waals surface area contributed by atoms with Crippen molar-refractivity contribution < 1.29 is 9.53 Å². The summed E-state index contributed by atoms with van der Waals surface area (Å²) in [6.45, 7) is 2.61. The third kappa shape index (κ3) is 4.09. The van der Waals surface area contributed by atoms with Gasteiger partial charge in [-0.2, -0.15) is 0 Å². The predicted octanol–water partition coefficient (Wildman–Crippen LogP) is 5.35. The fourth-order valence-corrected chi connectivity index (χ4v) is 4.03. The summed E-state index contributed by atoms with van der Waals surface area (Å²) in [5, 5.41) is 3.07. The Labute approximate surface area is 183 Å². The van der Waals surface area contributed by atoms with Crippen LogP contribution in [0.25, 0.3) is 11.0 Å². The smallest absolute Gasteiger partial charge is 0.255 e. The van der Waals surface area contributed by atoms with Crippen LogP contribution >= 0.6 is 15.9 Å². The van der Waals surface area contributed by atoms with Gasteiger partial charge in [0.15, 0.2) is 0 Å². The minimum atomic E-state index is -0.290. The molecule has 1 N–H and O–H groups in total. The lowest BCUT2D eigenvalue weighted by molar-refractivity contribution is 0.0934. The van der Waals surface area contributed by atoms with E-state index in [-0.39, 0.29) is 11.9 Å². The molecular formula is C24H22BrN3O2. The summed E-state index contributed by atoms with van der Waals surface area (Å²) in [7, 11) is 1.56. The third-order valence-corrected chi connectivity index (χ3v) is 5.49. The van der Waals surface area contributed by atoms with Crippen molar-refractivity contribution in [3.05, 3.63) is 94.2 Å². The second kappa shape index (κ2) is 8.71. The molecule has 1 unspecified atom stereocenters. The zero-order chi connectivity index (χ0) is 21.1. The number of rotatable bonds is 6. The molecule has 30 heavy (non-hydrogen) atoms. The SMILES string of the molecule is COc1ccccc1C(=O)NC(C)c1nc2ccccc2n1Cc1cccc(Br)c1. The molecule has 6 heteroatoms. The number of para-hydroxylation sites is 3. The summed E-state index contributed by atoms with van der Waals surface area (Å²) >= 11 is 3.54. The highest BCUT2D eigenvalue weighted by Crippen LogP contribution is 2.24. The topological polar surface area (TPSA) is 56.1 Å². The number of hydrogen-bond acceptors (Lipinski definition) is 3. The van der Waals surface area contributed by atoms with E-state index in [0.29, 0.717) is 17.9 Å². The molecule has 4 rings (SSSR count). The highest BCUT2D eigenvalue weighted by atomic mass is 79.9. The maximum absolute atomic E-state index is 12.9. The van der Waals surface area contributed by atoms with E-state index in [2.05, 4.69) is 44.0 Å². The Morgan fingerprint density at radius 1 is 1.10 bits per heavy atom. The number of nitrogens with zero attached hydrogens (tertiary/aromatic N) is 2. The summed E-state index contributed by atoms with van der Waals surface area (Å²) in [6, 6.07) is 23.1. The number of ether oxygens (including phenoxy) is 1. The van der Waals surface area contributed by atoms with Gasteiger partial charge in [0.05, 0.1) is 29.7 Å². The molecule has 0 aliphatic carbocycles. The summed E-state index contributed by atoms with van der Waals surface area (Å²) < 4.78 is 8.52. The van der Waals surface area contributed by atoms with Crippen molar-refractivity contribution in [2.75, 3.05) is 7.11 Å². The first-order valence-electron chi connectivity index (χ1n) is 9.70. The minimum Gasteiger partial charge on any atom is -0.496 e. The zero-order valence-corrected chi connectivity index (χ0v) is 18.4. The number of carbonyl (C=O) groups excluding carboxylic acids is 1. The molecule has 0 fully saturated rings. The first-order chi connectivity index (χ1) is 14.6. The Hall–Kier alpha value is -3.12. The van der Waals surface area contributed by atoms with E-state index in [4.69, 9.17) is 9.72 Å². The van der Waals surface area contributed by atoms with E-state index in [0.717, 1.165) is 26.9 Å². The number of fused-ring (bicyclic) bond motifs is 1. The van der Waals surface area contributed by atoms with Crippen LogP contribution in [0.5, 0.6) is 5.75 Å². The van der Waals surface area contributed by atoms with Crippen LogP contribution in [0.15, 0.2) is 77.3 Å². The lowest BCUT2D eigenvalue weighted by Crippen LogP contribution is -2.29. The van der Waals surface area contributed by atoms with Gasteiger partial charge < -0.3 is 14.6 Å². The summed E-state index contributed by atoms with van der Waals surface area (Å²) in [6.07, 6.45) is 0. The van der Waals surface area contributed by atoms with Gasteiger partial charge in [-0.05, 0) is 48.9 Å². The van der Waals surface area contributed by atoms with Crippen LogP contribution in [0, 0.1) is 0 Å². The first-order valence-corrected chi connectivity index (χ1v) is 10.5. The summed E-state index contributed by atoms with van der Waals surface area (Å²) in [5.41, 5.74) is 3.59. The van der Waals surface area contributed by atoms with Crippen molar-refractivity contribution in [2.45, 2.75) is 19.5 Å². The van der Waals surface area contributed by atoms with Crippen LogP contribution in [0.4, 0.5) is 0 Å². The molecule has 4 aromatic rings. The Bertz CT molecular complexity index is 1200. The number of halogens is 1. The monoisotopic (exact) mass is 463 g/mol. The predicted molar refractivity (Wildman–Crippen MR) is 122 cm³/mol. The van der Waals surface area contributed by atoms with Gasteiger partial charge in [-0.3, -0.25) is 4.79 Å². The van der Waals surface area contributed by atoms with Gasteiger partial charge in [-0.1, -0.05) is 52.3 Å². The Balaban J connectivity index is 1.68. The van der Waals surface area contributed by atoms with Crippen LogP contribution in [-0.2, 0) is 6.54 Å². The standard InChI is InChI=1S/C24H22BrN3O2/c1-16(26-24(29)19-10-3-6-13-22(19)30-2)23-27-20-11-4-5-12-21(20)28(23)15-17-8-7-9-18(25)14-17/h3-14,16H,15H2,1-2H3,(H,26,29). The molecule has 3 aromatic carbocycles. The van der Waals surface area contributed by atoms with Gasteiger partial charge in [0.2, 0.25) is 0 Å². The third-order valence-electron chi connectivity index (χ3n) is 5.00. The molecule has 1 heterocycles. The largest absolute Gasteiger partial charge is 0.496 e. The highest BCUT2D eigenvalue weighted by molar-refractivity contribution is 9.10. The van der Waals surface area contributed by atoms with E-state index in [1.807, 2.05) is 49.4 Å². The van der Waals surface area contributed by atoms with Crippen LogP contribution < -0.4 is 10.1 Å². The van der Waals surface area contributed by atoms with Crippen molar-refractivity contribution in [3.63, 3.8) is 0 Å². The van der Waals surface area contributed by atoms with Gasteiger partial charge in [0, 0.05) is 11.0 Å². The van der Waals surface area contributed by atoms with E-state index < -0.39 is 0 Å². The Morgan fingerprint density at radius 2 is 1.87 bits per heavy atom. The van der Waals surface area contributed by atoms with Crippen molar-refractivity contribution in [2.24, 2.45) is 0 Å². The highest BCUT2D eigenvalue weighted by Gasteiger charge is 2.20. The average molecular weight is 464 g/mol. The number of benzene rings is 3. The molecule has 0 aliphatic rings. The van der Waals surface area contributed by atoms with Gasteiger partial charge in [0.25, 0.3) is 5.91 Å². The summed E-state index contributed by atoms with van der Waals surface area (Å²) in [5.74, 6) is 1.16. The molecular weight excluding hydrogens is 442 g/mol. The normalized spacial score (nSPS) is 12.0. The number of amides is 1. The second-order valence-electron chi connectivity index (χ2n) is 7.07. The van der Waals surface area contributed by atoms with E-state index in [9.17, 15) is 4.79 Å². The van der Waals surface area contributed by atoms with Crippen molar-refractivity contribution in [1.29, 1.82) is 0 Å². The van der Waals surface area contributed by atoms with Gasteiger partial charge in [-0.25, -0.2) is 4.98 Å². The van der Waals surface area contributed by atoms with Gasteiger partial charge in [0.1, 0.15) is 11.6 Å². The molecule has 1 atom stereocenters. The Kier molecular flexibility index (Phi) is 5.86. The minimum absolute atomic E-state index is 0.194. The molecule has 5 nitrogen and oxygen atoms in total. The fraction of sp³-hybridized carbons (Fsp3) is 0.167. The quantitative estimate of drug-likeness (QED) is 0.419. The molecule has 0 bridgehead atoms. The number of imidazole rings is 1. The molecule has 152 valence electrons. The van der Waals surface area contributed by atoms with Crippen LogP contribution in [0.3, 0.4) is 0 Å². The molecule has 1 amide bonds. The van der Waals surface area contributed by atoms with Crippen LogP contribution in [0.2, 0.25) is 0 Å². The summed E-state index contributed by atoms with van der Waals surface area (Å²) in [4.78, 5) is 17.7. The fourth-order valence-electron chi connectivity index (χ4n) is 3.58. The second-order valence-corrected chi connectivity index (χ2v) is 7.99. The number of aromatic nitrogens is 2. The lowest BCUT2D eigenvalue weighted by atomic mass is 10.1. The molecule has 0 saturated carbocycles. The molecule has 1 aromatic heterocycles. The molecule has 0 saturated heterocycles. The maximum atomic E-state index is 12.9. The maximum Gasteiger partial charge on any atom is 0.255 e. The van der Waals surface area contributed by atoms with E-state index in [1.54, 1.807) is 19.2 Å². The van der Waals surface area contributed by atoms with Gasteiger partial charge >= 0.3 is 0 Å². The van der Waals surface area contributed by atoms with Crippen molar-refractivity contribution in [3.8, 4) is 5.75 Å². The Morgan fingerprint density at radius 3 is 2.67 bits per heavy atom. The number of nitrogens with one attached hydrogen (secondary N) is 1. The van der Waals surface area contributed by atoms with E-state index in [1.165, 1.54) is 0 Å².